The molecule has 0 atom stereocenters. The largest absolute Gasteiger partial charge is 0.365 e. The van der Waals surface area contributed by atoms with Crippen LogP contribution in [0.1, 0.15) is 5.76 Å². The molecule has 1 heterocycles. The third kappa shape index (κ3) is 3.09. The maximum atomic E-state index is 12.0. The molecule has 1 aromatic heterocycles. The van der Waals surface area contributed by atoms with Crippen molar-refractivity contribution in [1.29, 1.82) is 0 Å². The molecule has 1 N–H and O–H groups in total. The Kier molecular flexibility index (Phi) is 3.78. The van der Waals surface area contributed by atoms with Crippen LogP contribution < -0.4 is 10.2 Å². The van der Waals surface area contributed by atoms with Crippen molar-refractivity contribution in [2.24, 2.45) is 0 Å². The van der Waals surface area contributed by atoms with Crippen LogP contribution >= 0.6 is 0 Å². The van der Waals surface area contributed by atoms with Crippen molar-refractivity contribution < 1.29 is 9.32 Å². The molecule has 0 saturated heterocycles. The van der Waals surface area contributed by atoms with Gasteiger partial charge in [0.2, 0.25) is 5.91 Å². The topological polar surface area (TPSA) is 58.4 Å². The number of hydrogen-bond acceptors (Lipinski definition) is 4. The summed E-state index contributed by atoms with van der Waals surface area (Å²) < 4.78 is 4.92. The van der Waals surface area contributed by atoms with Crippen molar-refractivity contribution in [3.63, 3.8) is 0 Å². The number of rotatable bonds is 4. The summed E-state index contributed by atoms with van der Waals surface area (Å²) in [6.07, 6.45) is 0. The molecule has 22 heavy (non-hydrogen) atoms. The number of benzene rings is 2. The van der Waals surface area contributed by atoms with Gasteiger partial charge in [-0.15, -0.1) is 0 Å². The van der Waals surface area contributed by atoms with Crippen molar-refractivity contribution in [3.8, 4) is 0 Å². The van der Waals surface area contributed by atoms with Gasteiger partial charge in [-0.05, 0) is 29.8 Å². The van der Waals surface area contributed by atoms with E-state index in [1.54, 1.807) is 13.0 Å². The van der Waals surface area contributed by atoms with Crippen LogP contribution in [0.3, 0.4) is 0 Å². The van der Waals surface area contributed by atoms with E-state index in [1.807, 2.05) is 30.1 Å². The minimum atomic E-state index is -0.135. The molecule has 0 unspecified atom stereocenters. The van der Waals surface area contributed by atoms with Crippen LogP contribution in [0, 0.1) is 6.92 Å². The lowest BCUT2D eigenvalue weighted by Gasteiger charge is -2.18. The van der Waals surface area contributed by atoms with Crippen molar-refractivity contribution >= 4 is 28.2 Å². The molecule has 0 spiro atoms. The highest BCUT2D eigenvalue weighted by atomic mass is 16.5. The van der Waals surface area contributed by atoms with E-state index >= 15 is 0 Å². The van der Waals surface area contributed by atoms with Crippen LogP contribution in [0.15, 0.2) is 53.1 Å². The molecule has 0 bridgehead atoms. The lowest BCUT2D eigenvalue weighted by atomic mass is 10.1. The van der Waals surface area contributed by atoms with Crippen molar-refractivity contribution in [3.05, 3.63) is 54.3 Å². The molecule has 0 radical (unpaired) electrons. The highest BCUT2D eigenvalue weighted by Crippen LogP contribution is 2.21. The van der Waals surface area contributed by atoms with Crippen molar-refractivity contribution in [2.45, 2.75) is 6.92 Å². The van der Waals surface area contributed by atoms with Gasteiger partial charge in [0.1, 0.15) is 5.76 Å². The molecule has 3 rings (SSSR count). The first-order valence-electron chi connectivity index (χ1n) is 7.05. The van der Waals surface area contributed by atoms with E-state index in [0.29, 0.717) is 11.6 Å². The second-order valence-corrected chi connectivity index (χ2v) is 5.26. The number of aryl methyl sites for hydroxylation is 1. The number of aromatic nitrogens is 1. The highest BCUT2D eigenvalue weighted by molar-refractivity contribution is 5.94. The molecule has 0 aliphatic carbocycles. The van der Waals surface area contributed by atoms with Crippen LogP contribution in [-0.4, -0.2) is 24.7 Å². The lowest BCUT2D eigenvalue weighted by molar-refractivity contribution is -0.115. The summed E-state index contributed by atoms with van der Waals surface area (Å²) in [6, 6.07) is 16.0. The van der Waals surface area contributed by atoms with Gasteiger partial charge >= 0.3 is 0 Å². The zero-order valence-electron chi connectivity index (χ0n) is 12.5. The van der Waals surface area contributed by atoms with E-state index in [2.05, 4.69) is 34.7 Å². The third-order valence-electron chi connectivity index (χ3n) is 3.45. The van der Waals surface area contributed by atoms with Gasteiger partial charge in [0.25, 0.3) is 0 Å². The Balaban J connectivity index is 1.69. The van der Waals surface area contributed by atoms with Crippen LogP contribution in [0.25, 0.3) is 10.8 Å². The number of nitrogens with one attached hydrogen (secondary N) is 1. The first-order chi connectivity index (χ1) is 10.6. The van der Waals surface area contributed by atoms with E-state index in [0.717, 1.165) is 11.1 Å². The molecule has 0 aliphatic rings. The molecule has 5 heteroatoms. The van der Waals surface area contributed by atoms with E-state index in [9.17, 15) is 4.79 Å². The summed E-state index contributed by atoms with van der Waals surface area (Å²) in [5.41, 5.74) is 0.991. The van der Waals surface area contributed by atoms with Gasteiger partial charge in [-0.1, -0.05) is 35.5 Å². The summed E-state index contributed by atoms with van der Waals surface area (Å²) in [5, 5.41) is 8.80. The number of likely N-dealkylation sites (N-methyl/N-ethyl adjacent to an activating group) is 1. The molecule has 0 fully saturated rings. The second kappa shape index (κ2) is 5.89. The number of carbonyl (C=O) groups is 1. The quantitative estimate of drug-likeness (QED) is 0.803. The molecule has 112 valence electrons. The number of nitrogens with zero attached hydrogens (tertiary/aromatic N) is 2. The normalized spacial score (nSPS) is 10.6. The number of amides is 1. The zero-order chi connectivity index (χ0) is 15.5. The Morgan fingerprint density at radius 1 is 1.18 bits per heavy atom. The monoisotopic (exact) mass is 295 g/mol. The highest BCUT2D eigenvalue weighted by Gasteiger charge is 2.10. The van der Waals surface area contributed by atoms with Gasteiger partial charge in [0, 0.05) is 18.8 Å². The SMILES string of the molecule is Cc1cc(NC(=O)CN(C)c2ccc3ccccc3c2)no1. The molecular weight excluding hydrogens is 278 g/mol. The minimum absolute atomic E-state index is 0.135. The average molecular weight is 295 g/mol. The van der Waals surface area contributed by atoms with Crippen molar-refractivity contribution in [1.82, 2.24) is 5.16 Å². The summed E-state index contributed by atoms with van der Waals surface area (Å²) in [7, 11) is 1.89. The van der Waals surface area contributed by atoms with Crippen LogP contribution in [-0.2, 0) is 4.79 Å². The fourth-order valence-electron chi connectivity index (χ4n) is 2.33. The first kappa shape index (κ1) is 14.1. The second-order valence-electron chi connectivity index (χ2n) is 5.26. The molecule has 0 aliphatic heterocycles. The maximum Gasteiger partial charge on any atom is 0.245 e. The fourth-order valence-corrected chi connectivity index (χ4v) is 2.33. The van der Waals surface area contributed by atoms with Gasteiger partial charge in [-0.2, -0.15) is 0 Å². The Labute approximate surface area is 128 Å². The van der Waals surface area contributed by atoms with Gasteiger partial charge in [0.15, 0.2) is 5.82 Å². The number of fused-ring (bicyclic) bond motifs is 1. The molecule has 1 amide bonds. The third-order valence-corrected chi connectivity index (χ3v) is 3.45. The molecule has 5 nitrogen and oxygen atoms in total. The first-order valence-corrected chi connectivity index (χ1v) is 7.05. The minimum Gasteiger partial charge on any atom is -0.365 e. The Bertz CT molecular complexity index is 810. The number of anilines is 2. The number of hydrogen-bond donors (Lipinski definition) is 1. The van der Waals surface area contributed by atoms with E-state index < -0.39 is 0 Å². The van der Waals surface area contributed by atoms with Crippen LogP contribution in [0.5, 0.6) is 0 Å². The predicted molar refractivity (Wildman–Crippen MR) is 87.1 cm³/mol. The Hall–Kier alpha value is -2.82. The zero-order valence-corrected chi connectivity index (χ0v) is 12.5. The van der Waals surface area contributed by atoms with E-state index in [-0.39, 0.29) is 12.5 Å². The summed E-state index contributed by atoms with van der Waals surface area (Å²) >= 11 is 0. The van der Waals surface area contributed by atoms with Gasteiger partial charge in [0.05, 0.1) is 6.54 Å². The molecule has 0 saturated carbocycles. The summed E-state index contributed by atoms with van der Waals surface area (Å²) in [4.78, 5) is 13.9. The van der Waals surface area contributed by atoms with E-state index in [1.165, 1.54) is 5.39 Å². The summed E-state index contributed by atoms with van der Waals surface area (Å²) in [6.45, 7) is 2.02. The standard InChI is InChI=1S/C17H17N3O2/c1-12-9-16(19-22-12)18-17(21)11-20(2)15-8-7-13-5-3-4-6-14(13)10-15/h3-10H,11H2,1-2H3,(H,18,19,21). The Morgan fingerprint density at radius 2 is 1.95 bits per heavy atom. The van der Waals surface area contributed by atoms with Gasteiger partial charge < -0.3 is 14.7 Å². The molecule has 2 aromatic carbocycles. The Morgan fingerprint density at radius 3 is 2.68 bits per heavy atom. The van der Waals surface area contributed by atoms with Gasteiger partial charge in [-0.25, -0.2) is 0 Å². The van der Waals surface area contributed by atoms with E-state index in [4.69, 9.17) is 4.52 Å². The van der Waals surface area contributed by atoms with Crippen LogP contribution in [0.2, 0.25) is 0 Å². The predicted octanol–water partition coefficient (Wildman–Crippen LogP) is 3.21. The average Bonchev–Trinajstić information content (AvgIpc) is 2.91. The smallest absolute Gasteiger partial charge is 0.245 e. The number of carbonyl (C=O) groups excluding carboxylic acids is 1. The summed E-state index contributed by atoms with van der Waals surface area (Å²) in [5.74, 6) is 0.969. The molecule has 3 aromatic rings. The maximum absolute atomic E-state index is 12.0. The molecular formula is C17H17N3O2. The fraction of sp³-hybridized carbons (Fsp3) is 0.176. The van der Waals surface area contributed by atoms with Gasteiger partial charge in [-0.3, -0.25) is 4.79 Å². The van der Waals surface area contributed by atoms with Crippen LogP contribution in [0.4, 0.5) is 11.5 Å². The lowest BCUT2D eigenvalue weighted by Crippen LogP contribution is -2.30. The van der Waals surface area contributed by atoms with Crippen molar-refractivity contribution in [2.75, 3.05) is 23.8 Å².